The molecule has 20 heavy (non-hydrogen) atoms. The lowest BCUT2D eigenvalue weighted by molar-refractivity contribution is 0.418. The molecule has 0 unspecified atom stereocenters. The number of halogens is 1. The monoisotopic (exact) mass is 329 g/mol. The van der Waals surface area contributed by atoms with Crippen LogP contribution in [0.4, 0.5) is 0 Å². The third-order valence-electron chi connectivity index (χ3n) is 3.52. The average molecular weight is 330 g/mol. The maximum absolute atomic E-state index is 10.2. The first-order chi connectivity index (χ1) is 9.74. The van der Waals surface area contributed by atoms with Crippen molar-refractivity contribution in [1.29, 1.82) is 0 Å². The Bertz CT molecular complexity index is 733. The highest BCUT2D eigenvalue weighted by Crippen LogP contribution is 2.27. The summed E-state index contributed by atoms with van der Waals surface area (Å²) in [6.07, 6.45) is 4.03. The number of aromatic nitrogens is 1. The van der Waals surface area contributed by atoms with Crippen LogP contribution < -0.4 is 0 Å². The molecule has 102 valence electrons. The number of aromatic hydroxyl groups is 1. The van der Waals surface area contributed by atoms with E-state index in [4.69, 9.17) is 0 Å². The van der Waals surface area contributed by atoms with Crippen LogP contribution in [-0.2, 0) is 13.0 Å². The number of fused-ring (bicyclic) bond motifs is 1. The lowest BCUT2D eigenvalue weighted by Gasteiger charge is -2.05. The van der Waals surface area contributed by atoms with Crippen molar-refractivity contribution in [3.8, 4) is 5.88 Å². The molecule has 3 aromatic rings. The number of benzene rings is 2. The summed E-state index contributed by atoms with van der Waals surface area (Å²) in [6.45, 7) is 0.826. The van der Waals surface area contributed by atoms with E-state index in [2.05, 4.69) is 34.1 Å². The van der Waals surface area contributed by atoms with Crippen molar-refractivity contribution in [1.82, 2.24) is 4.57 Å². The van der Waals surface area contributed by atoms with Gasteiger partial charge in [-0.3, -0.25) is 0 Å². The molecule has 0 spiro atoms. The Morgan fingerprint density at radius 1 is 1.05 bits per heavy atom. The minimum absolute atomic E-state index is 0.370. The molecule has 2 nitrogen and oxygen atoms in total. The van der Waals surface area contributed by atoms with Gasteiger partial charge in [-0.05, 0) is 36.6 Å². The second-order valence-electron chi connectivity index (χ2n) is 4.97. The zero-order valence-electron chi connectivity index (χ0n) is 11.1. The number of nitrogens with zero attached hydrogens (tertiary/aromatic N) is 1. The van der Waals surface area contributed by atoms with E-state index in [-0.39, 0.29) is 0 Å². The highest BCUT2D eigenvalue weighted by atomic mass is 79.9. The fourth-order valence-corrected chi connectivity index (χ4v) is 2.96. The zero-order chi connectivity index (χ0) is 13.9. The Labute approximate surface area is 126 Å². The molecule has 3 heteroatoms. The molecule has 0 atom stereocenters. The van der Waals surface area contributed by atoms with Crippen molar-refractivity contribution in [2.75, 3.05) is 0 Å². The minimum atomic E-state index is 0.370. The summed E-state index contributed by atoms with van der Waals surface area (Å²) < 4.78 is 3.05. The predicted octanol–water partition coefficient (Wildman–Crippen LogP) is 4.74. The second kappa shape index (κ2) is 5.71. The lowest BCUT2D eigenvalue weighted by atomic mass is 10.1. The number of hydrogen-bond acceptors (Lipinski definition) is 1. The van der Waals surface area contributed by atoms with Crippen LogP contribution in [0.25, 0.3) is 10.8 Å². The van der Waals surface area contributed by atoms with Crippen LogP contribution in [0.2, 0.25) is 0 Å². The summed E-state index contributed by atoms with van der Waals surface area (Å²) >= 11 is 3.49. The summed E-state index contributed by atoms with van der Waals surface area (Å²) in [5.74, 6) is 0.370. The van der Waals surface area contributed by atoms with Crippen molar-refractivity contribution >= 4 is 26.7 Å². The molecule has 1 heterocycles. The predicted molar refractivity (Wildman–Crippen MR) is 86.1 cm³/mol. The highest BCUT2D eigenvalue weighted by Gasteiger charge is 2.06. The fourth-order valence-electron chi connectivity index (χ4n) is 2.51. The normalized spacial score (nSPS) is 11.1. The number of rotatable bonds is 4. The van der Waals surface area contributed by atoms with Gasteiger partial charge in [-0.25, -0.2) is 0 Å². The molecule has 0 saturated heterocycles. The van der Waals surface area contributed by atoms with Gasteiger partial charge in [-0.15, -0.1) is 0 Å². The van der Waals surface area contributed by atoms with Crippen LogP contribution in [-0.4, -0.2) is 9.67 Å². The maximum atomic E-state index is 10.2. The SMILES string of the molecule is Oc1c2ccccc2cn1CCCc1cccc(Br)c1. The minimum Gasteiger partial charge on any atom is -0.494 e. The summed E-state index contributed by atoms with van der Waals surface area (Å²) in [5, 5.41) is 12.2. The van der Waals surface area contributed by atoms with E-state index in [9.17, 15) is 5.11 Å². The van der Waals surface area contributed by atoms with Gasteiger partial charge in [0.05, 0.1) is 0 Å². The first kappa shape index (κ1) is 13.3. The quantitative estimate of drug-likeness (QED) is 0.734. The average Bonchev–Trinajstić information content (AvgIpc) is 2.76. The molecule has 1 N–H and O–H groups in total. The van der Waals surface area contributed by atoms with Crippen LogP contribution in [0.1, 0.15) is 12.0 Å². The molecule has 0 aliphatic carbocycles. The van der Waals surface area contributed by atoms with E-state index in [1.54, 1.807) is 0 Å². The van der Waals surface area contributed by atoms with Crippen molar-refractivity contribution in [3.63, 3.8) is 0 Å². The molecule has 0 radical (unpaired) electrons. The molecule has 0 saturated carbocycles. The van der Waals surface area contributed by atoms with Crippen LogP contribution in [0.3, 0.4) is 0 Å². The first-order valence-corrected chi connectivity index (χ1v) is 7.54. The first-order valence-electron chi connectivity index (χ1n) is 6.75. The lowest BCUT2D eigenvalue weighted by Crippen LogP contribution is -1.97. The zero-order valence-corrected chi connectivity index (χ0v) is 12.7. The molecule has 0 amide bonds. The molecule has 0 bridgehead atoms. The molecule has 0 aliphatic heterocycles. The van der Waals surface area contributed by atoms with Gasteiger partial charge in [0.1, 0.15) is 0 Å². The largest absolute Gasteiger partial charge is 0.494 e. The summed E-state index contributed by atoms with van der Waals surface area (Å²) in [6, 6.07) is 16.3. The molecule has 0 fully saturated rings. The Morgan fingerprint density at radius 2 is 1.90 bits per heavy atom. The van der Waals surface area contributed by atoms with Crippen molar-refractivity contribution in [2.45, 2.75) is 19.4 Å². The van der Waals surface area contributed by atoms with Gasteiger partial charge in [0, 0.05) is 28.0 Å². The van der Waals surface area contributed by atoms with E-state index in [1.807, 2.05) is 41.1 Å². The smallest absolute Gasteiger partial charge is 0.199 e. The second-order valence-corrected chi connectivity index (χ2v) is 5.88. The molecular weight excluding hydrogens is 314 g/mol. The number of hydrogen-bond donors (Lipinski definition) is 1. The molecular formula is C17H16BrNO. The Kier molecular flexibility index (Phi) is 3.79. The van der Waals surface area contributed by atoms with Gasteiger partial charge in [0.15, 0.2) is 5.88 Å². The van der Waals surface area contributed by atoms with Crippen LogP contribution in [0.5, 0.6) is 5.88 Å². The van der Waals surface area contributed by atoms with Gasteiger partial charge in [0.2, 0.25) is 0 Å². The maximum Gasteiger partial charge on any atom is 0.199 e. The highest BCUT2D eigenvalue weighted by molar-refractivity contribution is 9.10. The van der Waals surface area contributed by atoms with E-state index < -0.39 is 0 Å². The standard InChI is InChI=1S/C17H16BrNO/c18-15-8-3-5-13(11-15)6-4-10-19-12-14-7-1-2-9-16(14)17(19)20/h1-3,5,7-9,11-12,20H,4,6,10H2. The molecule has 1 aromatic heterocycles. The Hall–Kier alpha value is -1.74. The molecule has 0 aliphatic rings. The Balaban J connectivity index is 1.69. The molecule has 3 rings (SSSR count). The van der Waals surface area contributed by atoms with E-state index in [0.717, 1.165) is 34.6 Å². The summed E-state index contributed by atoms with van der Waals surface area (Å²) in [7, 11) is 0. The van der Waals surface area contributed by atoms with E-state index >= 15 is 0 Å². The van der Waals surface area contributed by atoms with E-state index in [1.165, 1.54) is 5.56 Å². The van der Waals surface area contributed by atoms with Crippen LogP contribution in [0.15, 0.2) is 59.2 Å². The van der Waals surface area contributed by atoms with Gasteiger partial charge in [-0.1, -0.05) is 46.3 Å². The van der Waals surface area contributed by atoms with Crippen molar-refractivity contribution < 1.29 is 5.11 Å². The van der Waals surface area contributed by atoms with Crippen molar-refractivity contribution in [3.05, 3.63) is 64.8 Å². The topological polar surface area (TPSA) is 25.2 Å². The van der Waals surface area contributed by atoms with Gasteiger partial charge in [0.25, 0.3) is 0 Å². The fraction of sp³-hybridized carbons (Fsp3) is 0.176. The van der Waals surface area contributed by atoms with Gasteiger partial charge >= 0.3 is 0 Å². The van der Waals surface area contributed by atoms with E-state index in [0.29, 0.717) is 5.88 Å². The van der Waals surface area contributed by atoms with Gasteiger partial charge in [-0.2, -0.15) is 0 Å². The summed E-state index contributed by atoms with van der Waals surface area (Å²) in [5.41, 5.74) is 1.32. The van der Waals surface area contributed by atoms with Gasteiger partial charge < -0.3 is 9.67 Å². The summed E-state index contributed by atoms with van der Waals surface area (Å²) in [4.78, 5) is 0. The Morgan fingerprint density at radius 3 is 2.70 bits per heavy atom. The third-order valence-corrected chi connectivity index (χ3v) is 4.02. The molecule has 2 aromatic carbocycles. The van der Waals surface area contributed by atoms with Crippen LogP contribution >= 0.6 is 15.9 Å². The van der Waals surface area contributed by atoms with Crippen LogP contribution in [0, 0.1) is 0 Å². The number of aryl methyl sites for hydroxylation is 2. The van der Waals surface area contributed by atoms with Crippen molar-refractivity contribution in [2.24, 2.45) is 0 Å². The third kappa shape index (κ3) is 2.73.